The molecule has 0 aromatic carbocycles. The van der Waals surface area contributed by atoms with Gasteiger partial charge in [-0.1, -0.05) is 0 Å². The van der Waals surface area contributed by atoms with E-state index in [1.807, 2.05) is 6.92 Å². The first-order valence-corrected chi connectivity index (χ1v) is 7.51. The van der Waals surface area contributed by atoms with Gasteiger partial charge in [-0.15, -0.1) is 0 Å². The SMILES string of the molecule is CCNc1ncnc(NCCSCCCO)c1[N+](=O)[O-]. The molecule has 0 unspecified atom stereocenters. The number of aromatic nitrogens is 2. The van der Waals surface area contributed by atoms with E-state index in [0.29, 0.717) is 13.1 Å². The summed E-state index contributed by atoms with van der Waals surface area (Å²) in [4.78, 5) is 18.4. The molecular formula is C11H19N5O3S. The third kappa shape index (κ3) is 5.17. The van der Waals surface area contributed by atoms with Crippen LogP contribution in [-0.4, -0.2) is 51.2 Å². The molecule has 8 nitrogen and oxygen atoms in total. The van der Waals surface area contributed by atoms with Gasteiger partial charge in [-0.3, -0.25) is 10.1 Å². The Hall–Kier alpha value is -1.61. The molecular weight excluding hydrogens is 282 g/mol. The molecule has 1 aromatic rings. The van der Waals surface area contributed by atoms with Crippen molar-refractivity contribution in [3.8, 4) is 0 Å². The van der Waals surface area contributed by atoms with E-state index >= 15 is 0 Å². The summed E-state index contributed by atoms with van der Waals surface area (Å²) in [5.74, 6) is 2.11. The Kier molecular flexibility index (Phi) is 7.66. The molecule has 3 N–H and O–H groups in total. The number of anilines is 2. The molecule has 0 radical (unpaired) electrons. The van der Waals surface area contributed by atoms with Crippen molar-refractivity contribution in [1.29, 1.82) is 0 Å². The molecule has 0 saturated carbocycles. The number of aliphatic hydroxyl groups is 1. The minimum atomic E-state index is -0.487. The molecule has 0 saturated heterocycles. The van der Waals surface area contributed by atoms with Crippen LogP contribution in [-0.2, 0) is 0 Å². The highest BCUT2D eigenvalue weighted by Crippen LogP contribution is 2.28. The van der Waals surface area contributed by atoms with Gasteiger partial charge in [0.05, 0.1) is 4.92 Å². The van der Waals surface area contributed by atoms with E-state index in [4.69, 9.17) is 5.11 Å². The average Bonchev–Trinajstić information content (AvgIpc) is 2.43. The normalized spacial score (nSPS) is 10.3. The van der Waals surface area contributed by atoms with Crippen LogP contribution in [0.15, 0.2) is 6.33 Å². The highest BCUT2D eigenvalue weighted by Gasteiger charge is 2.21. The van der Waals surface area contributed by atoms with Crippen molar-refractivity contribution < 1.29 is 10.0 Å². The van der Waals surface area contributed by atoms with Crippen LogP contribution in [0.3, 0.4) is 0 Å². The minimum Gasteiger partial charge on any atom is -0.396 e. The van der Waals surface area contributed by atoms with Crippen molar-refractivity contribution >= 4 is 29.1 Å². The molecule has 0 spiro atoms. The predicted molar refractivity (Wildman–Crippen MR) is 80.4 cm³/mol. The van der Waals surface area contributed by atoms with Crippen LogP contribution in [0.4, 0.5) is 17.3 Å². The first-order valence-electron chi connectivity index (χ1n) is 6.36. The summed E-state index contributed by atoms with van der Waals surface area (Å²) >= 11 is 1.67. The fraction of sp³-hybridized carbons (Fsp3) is 0.636. The Morgan fingerprint density at radius 3 is 2.65 bits per heavy atom. The van der Waals surface area contributed by atoms with Crippen molar-refractivity contribution in [2.45, 2.75) is 13.3 Å². The lowest BCUT2D eigenvalue weighted by atomic mass is 10.4. The molecule has 9 heteroatoms. The minimum absolute atomic E-state index is 0.130. The third-order valence-corrected chi connectivity index (χ3v) is 3.40. The molecule has 0 aliphatic heterocycles. The van der Waals surface area contributed by atoms with Crippen LogP contribution in [0.1, 0.15) is 13.3 Å². The van der Waals surface area contributed by atoms with Crippen LogP contribution < -0.4 is 10.6 Å². The van der Waals surface area contributed by atoms with E-state index in [9.17, 15) is 10.1 Å². The Bertz CT molecular complexity index is 433. The molecule has 0 bridgehead atoms. The van der Waals surface area contributed by atoms with Crippen LogP contribution in [0.25, 0.3) is 0 Å². The van der Waals surface area contributed by atoms with E-state index in [-0.39, 0.29) is 23.9 Å². The zero-order valence-electron chi connectivity index (χ0n) is 11.3. The second-order valence-corrected chi connectivity index (χ2v) is 5.05. The molecule has 0 aliphatic rings. The molecule has 0 aliphatic carbocycles. The number of hydrogen-bond acceptors (Lipinski definition) is 8. The number of aliphatic hydroxyl groups excluding tert-OH is 1. The van der Waals surface area contributed by atoms with Gasteiger partial charge in [-0.2, -0.15) is 11.8 Å². The molecule has 20 heavy (non-hydrogen) atoms. The van der Waals surface area contributed by atoms with Gasteiger partial charge in [0, 0.05) is 25.4 Å². The number of nitro groups is 1. The number of thioether (sulfide) groups is 1. The van der Waals surface area contributed by atoms with Gasteiger partial charge in [-0.05, 0) is 19.1 Å². The Morgan fingerprint density at radius 2 is 2.05 bits per heavy atom. The maximum atomic E-state index is 11.1. The summed E-state index contributed by atoms with van der Waals surface area (Å²) in [5.41, 5.74) is -0.130. The lowest BCUT2D eigenvalue weighted by Crippen LogP contribution is -2.11. The fourth-order valence-corrected chi connectivity index (χ4v) is 2.27. The summed E-state index contributed by atoms with van der Waals surface area (Å²) in [6, 6.07) is 0. The summed E-state index contributed by atoms with van der Waals surface area (Å²) in [6.07, 6.45) is 2.05. The average molecular weight is 301 g/mol. The highest BCUT2D eigenvalue weighted by molar-refractivity contribution is 7.99. The molecule has 1 rings (SSSR count). The van der Waals surface area contributed by atoms with E-state index < -0.39 is 4.92 Å². The van der Waals surface area contributed by atoms with E-state index in [2.05, 4.69) is 20.6 Å². The topological polar surface area (TPSA) is 113 Å². The van der Waals surface area contributed by atoms with Gasteiger partial charge in [0.1, 0.15) is 6.33 Å². The van der Waals surface area contributed by atoms with Gasteiger partial charge < -0.3 is 15.7 Å². The lowest BCUT2D eigenvalue weighted by molar-refractivity contribution is -0.383. The van der Waals surface area contributed by atoms with Crippen molar-refractivity contribution in [2.75, 3.05) is 41.8 Å². The molecule has 1 aromatic heterocycles. The summed E-state index contributed by atoms with van der Waals surface area (Å²) in [6.45, 7) is 3.15. The number of hydrogen-bond donors (Lipinski definition) is 3. The third-order valence-electron chi connectivity index (χ3n) is 2.33. The number of rotatable bonds is 10. The van der Waals surface area contributed by atoms with Crippen molar-refractivity contribution in [1.82, 2.24) is 9.97 Å². The maximum absolute atomic E-state index is 11.1. The first-order chi connectivity index (χ1) is 9.70. The smallest absolute Gasteiger partial charge is 0.353 e. The molecule has 0 amide bonds. The van der Waals surface area contributed by atoms with Crippen LogP contribution in [0, 0.1) is 10.1 Å². The Balaban J connectivity index is 2.60. The van der Waals surface area contributed by atoms with Gasteiger partial charge in [0.15, 0.2) is 0 Å². The van der Waals surface area contributed by atoms with Gasteiger partial charge in [-0.25, -0.2) is 9.97 Å². The standard InChI is InChI=1S/C11H19N5O3S/c1-2-12-10-9(16(18)19)11(15-8-14-10)13-4-7-20-6-3-5-17/h8,17H,2-7H2,1H3,(H2,12,13,14,15). The number of nitrogens with one attached hydrogen (secondary N) is 2. The summed E-state index contributed by atoms with van der Waals surface area (Å²) in [7, 11) is 0. The molecule has 112 valence electrons. The zero-order chi connectivity index (χ0) is 14.8. The second kappa shape index (κ2) is 9.32. The molecule has 0 fully saturated rings. The van der Waals surface area contributed by atoms with Crippen LogP contribution in [0.2, 0.25) is 0 Å². The van der Waals surface area contributed by atoms with Gasteiger partial charge in [0.2, 0.25) is 11.6 Å². The van der Waals surface area contributed by atoms with Gasteiger partial charge in [0.25, 0.3) is 0 Å². The quantitative estimate of drug-likeness (QED) is 0.337. The van der Waals surface area contributed by atoms with Crippen LogP contribution >= 0.6 is 11.8 Å². The predicted octanol–water partition coefficient (Wildman–Crippen LogP) is 1.34. The second-order valence-electron chi connectivity index (χ2n) is 3.82. The first kappa shape index (κ1) is 16.4. The maximum Gasteiger partial charge on any atom is 0.353 e. The zero-order valence-corrected chi connectivity index (χ0v) is 12.2. The fourth-order valence-electron chi connectivity index (χ4n) is 1.49. The summed E-state index contributed by atoms with van der Waals surface area (Å²) in [5, 5.41) is 25.6. The highest BCUT2D eigenvalue weighted by atomic mass is 32.2. The number of nitrogens with zero attached hydrogens (tertiary/aromatic N) is 3. The van der Waals surface area contributed by atoms with Gasteiger partial charge >= 0.3 is 5.69 Å². The lowest BCUT2D eigenvalue weighted by Gasteiger charge is -2.08. The van der Waals surface area contributed by atoms with E-state index in [1.54, 1.807) is 11.8 Å². The van der Waals surface area contributed by atoms with Crippen molar-refractivity contribution in [2.24, 2.45) is 0 Å². The van der Waals surface area contributed by atoms with E-state index in [1.165, 1.54) is 6.33 Å². The molecule has 1 heterocycles. The van der Waals surface area contributed by atoms with Crippen molar-refractivity contribution in [3.63, 3.8) is 0 Å². The largest absolute Gasteiger partial charge is 0.396 e. The monoisotopic (exact) mass is 301 g/mol. The van der Waals surface area contributed by atoms with E-state index in [0.717, 1.165) is 17.9 Å². The Morgan fingerprint density at radius 1 is 1.35 bits per heavy atom. The molecule has 0 atom stereocenters. The van der Waals surface area contributed by atoms with Crippen molar-refractivity contribution in [3.05, 3.63) is 16.4 Å². The summed E-state index contributed by atoms with van der Waals surface area (Å²) < 4.78 is 0. The van der Waals surface area contributed by atoms with Crippen LogP contribution in [0.5, 0.6) is 0 Å². The Labute approximate surface area is 121 Å².